The molecule has 0 saturated carbocycles. The molecule has 0 atom stereocenters. The molecule has 5 rings (SSSR count). The predicted molar refractivity (Wildman–Crippen MR) is 116 cm³/mol. The lowest BCUT2D eigenvalue weighted by atomic mass is 9.99. The molecule has 7 heteroatoms. The number of nitrogens with zero attached hydrogens (tertiary/aromatic N) is 4. The maximum absolute atomic E-state index is 9.47. The highest BCUT2D eigenvalue weighted by Gasteiger charge is 2.23. The highest BCUT2D eigenvalue weighted by Crippen LogP contribution is 2.33. The highest BCUT2D eigenvalue weighted by molar-refractivity contribution is 5.77. The Morgan fingerprint density at radius 2 is 1.81 bits per heavy atom. The standard InChI is InChI=1S/C24H22N4O3/c1-16-22(23(27-31-16)19-5-3-2-4-6-19)24-26-25-21(30-24)15-28-13-11-18(12-14-28)17-7-9-20(29)10-8-17/h2-11,29H,12-15H2,1H3. The third kappa shape index (κ3) is 4.00. The molecule has 4 aromatic rings. The van der Waals surface area contributed by atoms with E-state index in [2.05, 4.69) is 26.3 Å². The Hall–Kier alpha value is -3.71. The molecule has 3 heterocycles. The van der Waals surface area contributed by atoms with E-state index in [1.807, 2.05) is 49.4 Å². The summed E-state index contributed by atoms with van der Waals surface area (Å²) in [6, 6.07) is 17.2. The van der Waals surface area contributed by atoms with E-state index in [1.165, 1.54) is 5.57 Å². The summed E-state index contributed by atoms with van der Waals surface area (Å²) in [5.41, 5.74) is 4.81. The molecular formula is C24H22N4O3. The van der Waals surface area contributed by atoms with E-state index < -0.39 is 0 Å². The van der Waals surface area contributed by atoms with Crippen LogP contribution in [0.15, 0.2) is 69.6 Å². The van der Waals surface area contributed by atoms with Crippen LogP contribution in [0.2, 0.25) is 0 Å². The van der Waals surface area contributed by atoms with E-state index >= 15 is 0 Å². The average molecular weight is 414 g/mol. The van der Waals surface area contributed by atoms with Crippen molar-refractivity contribution in [2.24, 2.45) is 0 Å². The van der Waals surface area contributed by atoms with Gasteiger partial charge < -0.3 is 14.0 Å². The number of aryl methyl sites for hydroxylation is 1. The van der Waals surface area contributed by atoms with Gasteiger partial charge in [-0.1, -0.05) is 53.7 Å². The molecule has 2 aromatic carbocycles. The largest absolute Gasteiger partial charge is 0.508 e. The van der Waals surface area contributed by atoms with Crippen molar-refractivity contribution in [2.75, 3.05) is 13.1 Å². The highest BCUT2D eigenvalue weighted by atomic mass is 16.5. The third-order valence-corrected chi connectivity index (χ3v) is 5.48. The molecule has 0 saturated heterocycles. The fourth-order valence-electron chi connectivity index (χ4n) is 3.82. The zero-order valence-corrected chi connectivity index (χ0v) is 17.2. The van der Waals surface area contributed by atoms with Gasteiger partial charge in [-0.25, -0.2) is 0 Å². The van der Waals surface area contributed by atoms with Gasteiger partial charge in [0, 0.05) is 18.7 Å². The van der Waals surface area contributed by atoms with Crippen molar-refractivity contribution < 1.29 is 14.0 Å². The predicted octanol–water partition coefficient (Wildman–Crippen LogP) is 4.69. The van der Waals surface area contributed by atoms with Crippen molar-refractivity contribution in [1.82, 2.24) is 20.3 Å². The van der Waals surface area contributed by atoms with Crippen LogP contribution in [0.25, 0.3) is 28.3 Å². The lowest BCUT2D eigenvalue weighted by molar-refractivity contribution is 0.263. The van der Waals surface area contributed by atoms with Crippen molar-refractivity contribution in [3.8, 4) is 28.5 Å². The van der Waals surface area contributed by atoms with Crippen molar-refractivity contribution >= 4 is 5.57 Å². The van der Waals surface area contributed by atoms with Gasteiger partial charge in [-0.3, -0.25) is 4.90 Å². The molecule has 156 valence electrons. The summed E-state index contributed by atoms with van der Waals surface area (Å²) in [6.45, 7) is 4.12. The maximum atomic E-state index is 9.47. The second-order valence-corrected chi connectivity index (χ2v) is 7.59. The summed E-state index contributed by atoms with van der Waals surface area (Å²) in [5.74, 6) is 1.92. The van der Waals surface area contributed by atoms with E-state index in [0.29, 0.717) is 29.8 Å². The Bertz CT molecular complexity index is 1210. The quantitative estimate of drug-likeness (QED) is 0.506. The number of phenolic OH excluding ortho intramolecular Hbond substituents is 1. The molecule has 0 unspecified atom stereocenters. The van der Waals surface area contributed by atoms with Crippen LogP contribution in [0.1, 0.15) is 23.6 Å². The Labute approximate surface area is 179 Å². The van der Waals surface area contributed by atoms with Crippen LogP contribution in [0.4, 0.5) is 0 Å². The van der Waals surface area contributed by atoms with Crippen LogP contribution < -0.4 is 0 Å². The Morgan fingerprint density at radius 3 is 2.55 bits per heavy atom. The molecule has 0 bridgehead atoms. The molecule has 31 heavy (non-hydrogen) atoms. The first-order valence-electron chi connectivity index (χ1n) is 10.2. The number of aromatic nitrogens is 3. The molecule has 0 spiro atoms. The number of hydrogen-bond donors (Lipinski definition) is 1. The van der Waals surface area contributed by atoms with Gasteiger partial charge in [-0.2, -0.15) is 0 Å². The van der Waals surface area contributed by atoms with Crippen LogP contribution in [0.3, 0.4) is 0 Å². The first kappa shape index (κ1) is 19.3. The number of hydrogen-bond acceptors (Lipinski definition) is 7. The van der Waals surface area contributed by atoms with Crippen LogP contribution in [0.5, 0.6) is 5.75 Å². The molecule has 0 radical (unpaired) electrons. The van der Waals surface area contributed by atoms with E-state index in [0.717, 1.165) is 36.2 Å². The third-order valence-electron chi connectivity index (χ3n) is 5.48. The molecule has 0 amide bonds. The SMILES string of the molecule is Cc1onc(-c2ccccc2)c1-c1nnc(CN2CC=C(c3ccc(O)cc3)CC2)o1. The fraction of sp³-hybridized carbons (Fsp3) is 0.208. The Balaban J connectivity index is 1.31. The summed E-state index contributed by atoms with van der Waals surface area (Å²) in [7, 11) is 0. The van der Waals surface area contributed by atoms with Gasteiger partial charge in [-0.05, 0) is 36.6 Å². The molecule has 7 nitrogen and oxygen atoms in total. The van der Waals surface area contributed by atoms with E-state index in [9.17, 15) is 5.11 Å². The Kier molecular flexibility index (Phi) is 5.09. The van der Waals surface area contributed by atoms with Gasteiger partial charge in [0.25, 0.3) is 5.89 Å². The molecule has 1 aliphatic rings. The summed E-state index contributed by atoms with van der Waals surface area (Å²) in [5, 5.41) is 22.2. The normalized spacial score (nSPS) is 14.5. The minimum absolute atomic E-state index is 0.285. The van der Waals surface area contributed by atoms with E-state index in [4.69, 9.17) is 8.94 Å². The van der Waals surface area contributed by atoms with Gasteiger partial charge in [0.2, 0.25) is 5.89 Å². The molecule has 1 aliphatic heterocycles. The zero-order chi connectivity index (χ0) is 21.2. The molecule has 2 aromatic heterocycles. The summed E-state index contributed by atoms with van der Waals surface area (Å²) in [6.07, 6.45) is 3.14. The van der Waals surface area contributed by atoms with Gasteiger partial charge in [0.15, 0.2) is 0 Å². The van der Waals surface area contributed by atoms with Crippen molar-refractivity contribution in [2.45, 2.75) is 19.9 Å². The molecule has 1 N–H and O–H groups in total. The maximum Gasteiger partial charge on any atom is 0.253 e. The first-order chi connectivity index (χ1) is 15.2. The lowest BCUT2D eigenvalue weighted by Crippen LogP contribution is -2.28. The van der Waals surface area contributed by atoms with Crippen molar-refractivity contribution in [1.29, 1.82) is 0 Å². The summed E-state index contributed by atoms with van der Waals surface area (Å²) >= 11 is 0. The van der Waals surface area contributed by atoms with Crippen molar-refractivity contribution in [3.63, 3.8) is 0 Å². The number of aromatic hydroxyl groups is 1. The van der Waals surface area contributed by atoms with Crippen LogP contribution in [-0.2, 0) is 6.54 Å². The second-order valence-electron chi connectivity index (χ2n) is 7.59. The number of benzene rings is 2. The topological polar surface area (TPSA) is 88.4 Å². The monoisotopic (exact) mass is 414 g/mol. The van der Waals surface area contributed by atoms with Crippen LogP contribution in [0, 0.1) is 6.92 Å². The van der Waals surface area contributed by atoms with Gasteiger partial charge >= 0.3 is 0 Å². The second kappa shape index (κ2) is 8.20. The molecule has 0 fully saturated rings. The fourth-order valence-corrected chi connectivity index (χ4v) is 3.82. The first-order valence-corrected chi connectivity index (χ1v) is 10.2. The number of rotatable bonds is 5. The van der Waals surface area contributed by atoms with Crippen molar-refractivity contribution in [3.05, 3.63) is 77.9 Å². The van der Waals surface area contributed by atoms with Crippen LogP contribution in [-0.4, -0.2) is 38.4 Å². The van der Waals surface area contributed by atoms with E-state index in [-0.39, 0.29) is 5.75 Å². The van der Waals surface area contributed by atoms with Gasteiger partial charge in [0.1, 0.15) is 22.8 Å². The lowest BCUT2D eigenvalue weighted by Gasteiger charge is -2.25. The van der Waals surface area contributed by atoms with E-state index in [1.54, 1.807) is 12.1 Å². The number of phenols is 1. The minimum Gasteiger partial charge on any atom is -0.508 e. The molecule has 0 aliphatic carbocycles. The van der Waals surface area contributed by atoms with Gasteiger partial charge in [-0.15, -0.1) is 10.2 Å². The van der Waals surface area contributed by atoms with Gasteiger partial charge in [0.05, 0.1) is 6.54 Å². The zero-order valence-electron chi connectivity index (χ0n) is 17.2. The minimum atomic E-state index is 0.285. The average Bonchev–Trinajstić information content (AvgIpc) is 3.41. The molecular weight excluding hydrogens is 392 g/mol. The smallest absolute Gasteiger partial charge is 0.253 e. The summed E-state index contributed by atoms with van der Waals surface area (Å²) < 4.78 is 11.4. The summed E-state index contributed by atoms with van der Waals surface area (Å²) in [4.78, 5) is 2.26. The van der Waals surface area contributed by atoms with Crippen LogP contribution >= 0.6 is 0 Å². The Morgan fingerprint density at radius 1 is 1.00 bits per heavy atom.